The van der Waals surface area contributed by atoms with Crippen molar-refractivity contribution in [3.63, 3.8) is 0 Å². The van der Waals surface area contributed by atoms with E-state index < -0.39 is 0 Å². The van der Waals surface area contributed by atoms with Crippen molar-refractivity contribution in [2.45, 2.75) is 25.9 Å². The Morgan fingerprint density at radius 1 is 1.00 bits per heavy atom. The molecular weight excluding hydrogens is 305 g/mol. The summed E-state index contributed by atoms with van der Waals surface area (Å²) in [5, 5.41) is 3.42. The summed E-state index contributed by atoms with van der Waals surface area (Å²) in [4.78, 5) is 0. The molecule has 0 bridgehead atoms. The van der Waals surface area contributed by atoms with Gasteiger partial charge in [0.2, 0.25) is 0 Å². The molecule has 0 heterocycles. The van der Waals surface area contributed by atoms with Crippen LogP contribution in [0.15, 0.2) is 53.0 Å². The largest absolute Gasteiger partial charge is 0.304 e. The number of nitrogens with one attached hydrogen (secondary N) is 1. The maximum atomic E-state index is 13.8. The lowest BCUT2D eigenvalue weighted by Gasteiger charge is -2.21. The van der Waals surface area contributed by atoms with E-state index >= 15 is 0 Å². The molecule has 0 saturated carbocycles. The van der Waals surface area contributed by atoms with E-state index in [1.54, 1.807) is 6.07 Å². The Hall–Kier alpha value is -1.19. The molecule has 1 N–H and O–H groups in total. The fourth-order valence-corrected chi connectivity index (χ4v) is 2.53. The summed E-state index contributed by atoms with van der Waals surface area (Å²) in [7, 11) is 0. The molecule has 0 aliphatic rings. The van der Waals surface area contributed by atoms with Crippen molar-refractivity contribution >= 4 is 15.9 Å². The molecule has 0 aliphatic carbocycles. The SMILES string of the molecule is CC(NC(C)c1cc(Br)ccc1F)c1ccccc1. The van der Waals surface area contributed by atoms with Crippen molar-refractivity contribution in [3.8, 4) is 0 Å². The van der Waals surface area contributed by atoms with Gasteiger partial charge in [0.05, 0.1) is 0 Å². The number of halogens is 2. The van der Waals surface area contributed by atoms with Gasteiger partial charge in [0.15, 0.2) is 0 Å². The standard InChI is InChI=1S/C16H17BrFN/c1-11(13-6-4-3-5-7-13)19-12(2)15-10-14(17)8-9-16(15)18/h3-12,19H,1-2H3. The molecule has 0 radical (unpaired) electrons. The van der Waals surface area contributed by atoms with Crippen LogP contribution in [-0.4, -0.2) is 0 Å². The van der Waals surface area contributed by atoms with Crippen LogP contribution in [0.5, 0.6) is 0 Å². The highest BCUT2D eigenvalue weighted by Gasteiger charge is 2.14. The van der Waals surface area contributed by atoms with E-state index in [1.165, 1.54) is 11.6 Å². The second kappa shape index (κ2) is 6.31. The molecule has 100 valence electrons. The average Bonchev–Trinajstić information content (AvgIpc) is 2.42. The summed E-state index contributed by atoms with van der Waals surface area (Å²) in [5.41, 5.74) is 1.88. The van der Waals surface area contributed by atoms with Crippen LogP contribution in [0.4, 0.5) is 4.39 Å². The van der Waals surface area contributed by atoms with Gasteiger partial charge >= 0.3 is 0 Å². The minimum atomic E-state index is -0.177. The van der Waals surface area contributed by atoms with Gasteiger partial charge in [-0.2, -0.15) is 0 Å². The molecule has 2 atom stereocenters. The Morgan fingerprint density at radius 2 is 1.68 bits per heavy atom. The van der Waals surface area contributed by atoms with Crippen LogP contribution in [0.2, 0.25) is 0 Å². The number of benzene rings is 2. The maximum Gasteiger partial charge on any atom is 0.128 e. The van der Waals surface area contributed by atoms with Crippen LogP contribution in [0.25, 0.3) is 0 Å². The summed E-state index contributed by atoms with van der Waals surface area (Å²) in [6, 6.07) is 15.3. The summed E-state index contributed by atoms with van der Waals surface area (Å²) < 4.78 is 14.7. The summed E-state index contributed by atoms with van der Waals surface area (Å²) in [6.45, 7) is 4.06. The molecule has 2 aromatic rings. The molecule has 0 spiro atoms. The first-order chi connectivity index (χ1) is 9.08. The minimum Gasteiger partial charge on any atom is -0.304 e. The summed E-state index contributed by atoms with van der Waals surface area (Å²) >= 11 is 3.38. The van der Waals surface area contributed by atoms with E-state index in [0.717, 1.165) is 4.47 Å². The lowest BCUT2D eigenvalue weighted by atomic mass is 10.0. The smallest absolute Gasteiger partial charge is 0.128 e. The molecule has 0 amide bonds. The van der Waals surface area contributed by atoms with Gasteiger partial charge in [-0.3, -0.25) is 0 Å². The van der Waals surface area contributed by atoms with Gasteiger partial charge in [-0.1, -0.05) is 46.3 Å². The average molecular weight is 322 g/mol. The third-order valence-electron chi connectivity index (χ3n) is 3.22. The highest BCUT2D eigenvalue weighted by Crippen LogP contribution is 2.24. The predicted octanol–water partition coefficient (Wildman–Crippen LogP) is 5.00. The Morgan fingerprint density at radius 3 is 2.37 bits per heavy atom. The molecule has 2 unspecified atom stereocenters. The second-order valence-electron chi connectivity index (χ2n) is 4.69. The Kier molecular flexibility index (Phi) is 4.72. The van der Waals surface area contributed by atoms with Crippen LogP contribution >= 0.6 is 15.9 Å². The number of hydrogen-bond donors (Lipinski definition) is 1. The zero-order chi connectivity index (χ0) is 13.8. The van der Waals surface area contributed by atoms with E-state index in [9.17, 15) is 4.39 Å². The van der Waals surface area contributed by atoms with Crippen LogP contribution in [0, 0.1) is 5.82 Å². The van der Waals surface area contributed by atoms with Crippen molar-refractivity contribution in [2.75, 3.05) is 0 Å². The van der Waals surface area contributed by atoms with Gasteiger partial charge in [-0.05, 0) is 37.6 Å². The molecule has 0 aromatic heterocycles. The topological polar surface area (TPSA) is 12.0 Å². The first kappa shape index (κ1) is 14.2. The normalized spacial score (nSPS) is 14.1. The monoisotopic (exact) mass is 321 g/mol. The van der Waals surface area contributed by atoms with Crippen LogP contribution < -0.4 is 5.32 Å². The van der Waals surface area contributed by atoms with Crippen molar-refractivity contribution < 1.29 is 4.39 Å². The summed E-state index contributed by atoms with van der Waals surface area (Å²) in [6.07, 6.45) is 0. The van der Waals surface area contributed by atoms with Gasteiger partial charge in [0.25, 0.3) is 0 Å². The molecule has 0 fully saturated rings. The van der Waals surface area contributed by atoms with Crippen molar-refractivity contribution in [2.24, 2.45) is 0 Å². The zero-order valence-electron chi connectivity index (χ0n) is 11.0. The fraction of sp³-hybridized carbons (Fsp3) is 0.250. The van der Waals surface area contributed by atoms with Crippen molar-refractivity contribution in [1.82, 2.24) is 5.32 Å². The Labute approximate surface area is 122 Å². The van der Waals surface area contributed by atoms with E-state index in [-0.39, 0.29) is 17.9 Å². The van der Waals surface area contributed by atoms with E-state index in [1.807, 2.05) is 31.2 Å². The molecule has 1 nitrogen and oxygen atoms in total. The van der Waals surface area contributed by atoms with Crippen molar-refractivity contribution in [1.29, 1.82) is 0 Å². The molecule has 0 aliphatic heterocycles. The van der Waals surface area contributed by atoms with Crippen LogP contribution in [-0.2, 0) is 0 Å². The van der Waals surface area contributed by atoms with Gasteiger partial charge < -0.3 is 5.32 Å². The molecule has 19 heavy (non-hydrogen) atoms. The predicted molar refractivity (Wildman–Crippen MR) is 80.5 cm³/mol. The van der Waals surface area contributed by atoms with Gasteiger partial charge in [0.1, 0.15) is 5.82 Å². The van der Waals surface area contributed by atoms with Gasteiger partial charge in [-0.25, -0.2) is 4.39 Å². The highest BCUT2D eigenvalue weighted by atomic mass is 79.9. The van der Waals surface area contributed by atoms with E-state index in [2.05, 4.69) is 40.3 Å². The lowest BCUT2D eigenvalue weighted by Crippen LogP contribution is -2.23. The number of hydrogen-bond acceptors (Lipinski definition) is 1. The first-order valence-corrected chi connectivity index (χ1v) is 7.13. The third kappa shape index (κ3) is 3.64. The molecular formula is C16H17BrFN. The van der Waals surface area contributed by atoms with Gasteiger partial charge in [-0.15, -0.1) is 0 Å². The van der Waals surface area contributed by atoms with Crippen molar-refractivity contribution in [3.05, 3.63) is 69.9 Å². The third-order valence-corrected chi connectivity index (χ3v) is 3.72. The Bertz CT molecular complexity index is 542. The molecule has 2 rings (SSSR count). The van der Waals surface area contributed by atoms with Gasteiger partial charge in [0, 0.05) is 22.1 Å². The quantitative estimate of drug-likeness (QED) is 0.835. The molecule has 0 saturated heterocycles. The van der Waals surface area contributed by atoms with E-state index in [0.29, 0.717) is 5.56 Å². The fourth-order valence-electron chi connectivity index (χ4n) is 2.15. The zero-order valence-corrected chi connectivity index (χ0v) is 12.6. The number of rotatable bonds is 4. The maximum absolute atomic E-state index is 13.8. The molecule has 3 heteroatoms. The summed E-state index contributed by atoms with van der Waals surface area (Å²) in [5.74, 6) is -0.177. The highest BCUT2D eigenvalue weighted by molar-refractivity contribution is 9.10. The molecule has 2 aromatic carbocycles. The lowest BCUT2D eigenvalue weighted by molar-refractivity contribution is 0.474. The van der Waals surface area contributed by atoms with E-state index in [4.69, 9.17) is 0 Å². The second-order valence-corrected chi connectivity index (χ2v) is 5.60. The van der Waals surface area contributed by atoms with Crippen LogP contribution in [0.3, 0.4) is 0 Å². The minimum absolute atomic E-state index is 0.0484. The Balaban J connectivity index is 2.13. The van der Waals surface area contributed by atoms with Crippen LogP contribution in [0.1, 0.15) is 37.1 Å². The first-order valence-electron chi connectivity index (χ1n) is 6.34.